The van der Waals surface area contributed by atoms with Crippen molar-refractivity contribution in [2.24, 2.45) is 0 Å². The third kappa shape index (κ3) is 2.73. The zero-order valence-electron chi connectivity index (χ0n) is 11.8. The van der Waals surface area contributed by atoms with Crippen molar-refractivity contribution in [2.45, 2.75) is 17.8 Å². The van der Waals surface area contributed by atoms with E-state index in [0.717, 1.165) is 12.0 Å². The third-order valence-electron chi connectivity index (χ3n) is 3.23. The largest absolute Gasteiger partial charge is 0.498 e. The number of thioether (sulfide) groups is 1. The minimum Gasteiger partial charge on any atom is -0.498 e. The van der Waals surface area contributed by atoms with E-state index in [1.54, 1.807) is 0 Å². The zero-order chi connectivity index (χ0) is 16.4. The summed E-state index contributed by atoms with van der Waals surface area (Å²) in [5.74, 6) is -2.72. The van der Waals surface area contributed by atoms with E-state index in [-0.39, 0.29) is 17.2 Å². The number of hydrogen-bond acceptors (Lipinski definition) is 7. The van der Waals surface area contributed by atoms with Gasteiger partial charge in [-0.2, -0.15) is 0 Å². The van der Waals surface area contributed by atoms with Crippen molar-refractivity contribution in [2.75, 3.05) is 20.0 Å². The van der Waals surface area contributed by atoms with E-state index in [1.807, 2.05) is 0 Å². The van der Waals surface area contributed by atoms with Gasteiger partial charge in [0, 0.05) is 0 Å². The summed E-state index contributed by atoms with van der Waals surface area (Å²) in [5, 5.41) is 11.1. The van der Waals surface area contributed by atoms with Gasteiger partial charge in [0.15, 0.2) is 5.70 Å². The first kappa shape index (κ1) is 16.1. The van der Waals surface area contributed by atoms with Crippen molar-refractivity contribution >= 4 is 35.5 Å². The lowest BCUT2D eigenvalue weighted by atomic mass is 10.0. The molecule has 120 valence electrons. The first-order valence-corrected chi connectivity index (χ1v) is 7.26. The highest BCUT2D eigenvalue weighted by Crippen LogP contribution is 2.40. The van der Waals surface area contributed by atoms with Crippen LogP contribution in [0, 0.1) is 0 Å². The second-order valence-corrected chi connectivity index (χ2v) is 5.59. The van der Waals surface area contributed by atoms with Gasteiger partial charge in [0.25, 0.3) is 5.91 Å². The molecule has 0 saturated carbocycles. The number of methoxy groups -OCH3 is 2. The standard InChI is InChI=1S/C12H14N2O7S/c1-20-5-4-22-11-8(13-6(15)3-7(16)21-2)10(17)14(11)9(5)12(18)19/h8,11H,3-4H2,1-2H3,(H,13,15)(H,18,19)/t8-,11-/m1/s1. The number of nitrogens with one attached hydrogen (secondary N) is 1. The van der Waals surface area contributed by atoms with Gasteiger partial charge < -0.3 is 19.9 Å². The second kappa shape index (κ2) is 6.26. The van der Waals surface area contributed by atoms with Gasteiger partial charge in [0.1, 0.15) is 23.6 Å². The molecule has 2 aliphatic heterocycles. The summed E-state index contributed by atoms with van der Waals surface area (Å²) < 4.78 is 9.35. The van der Waals surface area contributed by atoms with Gasteiger partial charge in [0.2, 0.25) is 5.91 Å². The molecule has 0 unspecified atom stereocenters. The Morgan fingerprint density at radius 1 is 1.41 bits per heavy atom. The Morgan fingerprint density at radius 2 is 2.09 bits per heavy atom. The Labute approximate surface area is 129 Å². The van der Waals surface area contributed by atoms with Gasteiger partial charge in [-0.1, -0.05) is 0 Å². The van der Waals surface area contributed by atoms with Crippen molar-refractivity contribution in [1.82, 2.24) is 10.2 Å². The number of carbonyl (C=O) groups is 4. The van der Waals surface area contributed by atoms with E-state index in [0.29, 0.717) is 0 Å². The van der Waals surface area contributed by atoms with Crippen LogP contribution in [0.15, 0.2) is 11.5 Å². The normalized spacial score (nSPS) is 23.4. The lowest BCUT2D eigenvalue weighted by Gasteiger charge is -2.48. The summed E-state index contributed by atoms with van der Waals surface area (Å²) in [6, 6.07) is -0.866. The van der Waals surface area contributed by atoms with Crippen LogP contribution < -0.4 is 5.32 Å². The average molecular weight is 330 g/mol. The van der Waals surface area contributed by atoms with Crippen LogP contribution in [-0.4, -0.2) is 65.1 Å². The number of carboxylic acid groups (broad SMARTS) is 1. The third-order valence-corrected chi connectivity index (χ3v) is 4.48. The lowest BCUT2D eigenvalue weighted by molar-refractivity contribution is -0.152. The van der Waals surface area contributed by atoms with E-state index in [2.05, 4.69) is 10.1 Å². The van der Waals surface area contributed by atoms with E-state index >= 15 is 0 Å². The van der Waals surface area contributed by atoms with Crippen molar-refractivity contribution in [3.05, 3.63) is 11.5 Å². The number of amides is 2. The fraction of sp³-hybridized carbons (Fsp3) is 0.500. The minimum absolute atomic E-state index is 0.196. The molecular formula is C12H14N2O7S. The first-order chi connectivity index (χ1) is 10.4. The Balaban J connectivity index is 2.09. The molecule has 2 atom stereocenters. The number of aliphatic carboxylic acids is 1. The molecule has 10 heteroatoms. The maximum Gasteiger partial charge on any atom is 0.356 e. The van der Waals surface area contributed by atoms with Crippen LogP contribution in [0.4, 0.5) is 0 Å². The quantitative estimate of drug-likeness (QED) is 0.370. The molecule has 0 aromatic carbocycles. The number of ether oxygens (including phenoxy) is 2. The molecule has 2 rings (SSSR count). The second-order valence-electron chi connectivity index (χ2n) is 4.49. The number of rotatable bonds is 5. The molecule has 22 heavy (non-hydrogen) atoms. The van der Waals surface area contributed by atoms with Gasteiger partial charge in [0.05, 0.1) is 20.0 Å². The molecule has 9 nitrogen and oxygen atoms in total. The smallest absolute Gasteiger partial charge is 0.356 e. The summed E-state index contributed by atoms with van der Waals surface area (Å²) in [6.45, 7) is 0. The van der Waals surface area contributed by atoms with E-state index in [1.165, 1.54) is 18.9 Å². The highest BCUT2D eigenvalue weighted by atomic mass is 32.2. The Bertz CT molecular complexity index is 574. The van der Waals surface area contributed by atoms with Crippen molar-refractivity contribution in [3.8, 4) is 0 Å². The molecule has 0 aromatic heterocycles. The molecule has 2 N–H and O–H groups in total. The van der Waals surface area contributed by atoms with Gasteiger partial charge in [-0.3, -0.25) is 19.3 Å². The van der Waals surface area contributed by atoms with E-state index < -0.39 is 41.6 Å². The number of hydrogen-bond donors (Lipinski definition) is 2. The van der Waals surface area contributed by atoms with Gasteiger partial charge in [-0.05, 0) is 0 Å². The highest BCUT2D eigenvalue weighted by molar-refractivity contribution is 8.00. The van der Waals surface area contributed by atoms with Gasteiger partial charge >= 0.3 is 11.9 Å². The molecule has 1 fully saturated rings. The molecule has 0 spiro atoms. The summed E-state index contributed by atoms with van der Waals surface area (Å²) >= 11 is 1.27. The van der Waals surface area contributed by atoms with E-state index in [9.17, 15) is 24.3 Å². The number of β-lactam (4-membered cyclic amide) rings is 1. The number of esters is 1. The summed E-state index contributed by atoms with van der Waals surface area (Å²) in [7, 11) is 2.48. The summed E-state index contributed by atoms with van der Waals surface area (Å²) in [4.78, 5) is 47.1. The molecule has 0 aromatic rings. The molecule has 0 aliphatic carbocycles. The van der Waals surface area contributed by atoms with Crippen LogP contribution in [0.25, 0.3) is 0 Å². The number of carboxylic acids is 1. The van der Waals surface area contributed by atoms with Crippen molar-refractivity contribution in [1.29, 1.82) is 0 Å². The molecule has 0 bridgehead atoms. The monoisotopic (exact) mass is 330 g/mol. The molecular weight excluding hydrogens is 316 g/mol. The van der Waals surface area contributed by atoms with Crippen LogP contribution in [0.2, 0.25) is 0 Å². The lowest BCUT2D eigenvalue weighted by Crippen LogP contribution is -2.70. The van der Waals surface area contributed by atoms with Crippen LogP contribution >= 0.6 is 11.8 Å². The SMILES string of the molecule is COC(=O)CC(=O)N[C@@H]1C(=O)N2C(C(=O)O)=C(OC)CS[C@H]12. The van der Waals surface area contributed by atoms with Crippen LogP contribution in [0.1, 0.15) is 6.42 Å². The highest BCUT2D eigenvalue weighted by Gasteiger charge is 2.54. The van der Waals surface area contributed by atoms with E-state index in [4.69, 9.17) is 4.74 Å². The molecule has 0 radical (unpaired) electrons. The first-order valence-electron chi connectivity index (χ1n) is 6.22. The van der Waals surface area contributed by atoms with Crippen LogP contribution in [0.3, 0.4) is 0 Å². The number of nitrogens with zero attached hydrogens (tertiary/aromatic N) is 1. The van der Waals surface area contributed by atoms with Crippen LogP contribution in [0.5, 0.6) is 0 Å². The van der Waals surface area contributed by atoms with Crippen molar-refractivity contribution < 1.29 is 33.8 Å². The average Bonchev–Trinajstić information content (AvgIpc) is 2.50. The topological polar surface area (TPSA) is 122 Å². The van der Waals surface area contributed by atoms with Crippen molar-refractivity contribution in [3.63, 3.8) is 0 Å². The van der Waals surface area contributed by atoms with Gasteiger partial charge in [-0.15, -0.1) is 11.8 Å². The molecule has 2 amide bonds. The predicted octanol–water partition coefficient (Wildman–Crippen LogP) is -1.11. The minimum atomic E-state index is -1.27. The Kier molecular flexibility index (Phi) is 4.59. The van der Waals surface area contributed by atoms with Crippen LogP contribution in [-0.2, 0) is 28.7 Å². The predicted molar refractivity (Wildman–Crippen MR) is 73.3 cm³/mol. The maximum atomic E-state index is 12.1. The summed E-state index contributed by atoms with van der Waals surface area (Å²) in [5.41, 5.74) is -0.213. The fourth-order valence-electron chi connectivity index (χ4n) is 2.17. The zero-order valence-corrected chi connectivity index (χ0v) is 12.6. The molecule has 2 aliphatic rings. The Morgan fingerprint density at radius 3 is 2.64 bits per heavy atom. The number of fused-ring (bicyclic) bond motifs is 1. The maximum absolute atomic E-state index is 12.1. The fourth-order valence-corrected chi connectivity index (χ4v) is 3.49. The summed E-state index contributed by atoms with van der Waals surface area (Å²) in [6.07, 6.45) is -0.497. The number of carbonyl (C=O) groups excluding carboxylic acids is 3. The van der Waals surface area contributed by atoms with Gasteiger partial charge in [-0.25, -0.2) is 4.79 Å². The molecule has 1 saturated heterocycles. The molecule has 2 heterocycles. The Hall–Kier alpha value is -2.23.